The number of rotatable bonds is 4. The van der Waals surface area contributed by atoms with E-state index in [0.29, 0.717) is 6.42 Å². The van der Waals surface area contributed by atoms with Crippen LogP contribution in [0.15, 0.2) is 30.3 Å². The topological polar surface area (TPSA) is 20.2 Å². The first-order valence-corrected chi connectivity index (χ1v) is 7.24. The molecule has 1 heterocycles. The monoisotopic (exact) mass is 260 g/mol. The molecule has 18 heavy (non-hydrogen) atoms. The molecular weight excluding hydrogens is 240 g/mol. The third-order valence-electron chi connectivity index (χ3n) is 3.36. The number of hydrogen-bond donors (Lipinski definition) is 1. The van der Waals surface area contributed by atoms with E-state index >= 15 is 0 Å². The largest absolute Gasteiger partial charge is 0.387 e. The Kier molecular flexibility index (Phi) is 4.20. The summed E-state index contributed by atoms with van der Waals surface area (Å²) in [5.74, 6) is 0. The summed E-state index contributed by atoms with van der Waals surface area (Å²) >= 11 is 1.72. The summed E-state index contributed by atoms with van der Waals surface area (Å²) in [7, 11) is 0. The van der Waals surface area contributed by atoms with Gasteiger partial charge in [-0.2, -0.15) is 0 Å². The van der Waals surface area contributed by atoms with Gasteiger partial charge in [-0.05, 0) is 49.1 Å². The quantitative estimate of drug-likeness (QED) is 0.873. The third-order valence-corrected chi connectivity index (χ3v) is 4.69. The van der Waals surface area contributed by atoms with Gasteiger partial charge in [0.1, 0.15) is 0 Å². The molecule has 1 atom stereocenters. The minimum absolute atomic E-state index is 0.377. The summed E-state index contributed by atoms with van der Waals surface area (Å²) in [6.07, 6.45) is 1.36. The van der Waals surface area contributed by atoms with Crippen LogP contribution < -0.4 is 0 Å². The summed E-state index contributed by atoms with van der Waals surface area (Å²) in [5, 5.41) is 10.3. The van der Waals surface area contributed by atoms with Gasteiger partial charge in [0, 0.05) is 16.2 Å². The van der Waals surface area contributed by atoms with Crippen LogP contribution in [-0.4, -0.2) is 5.11 Å². The van der Waals surface area contributed by atoms with Crippen molar-refractivity contribution >= 4 is 11.3 Å². The zero-order valence-corrected chi connectivity index (χ0v) is 12.1. The molecule has 0 fully saturated rings. The van der Waals surface area contributed by atoms with Gasteiger partial charge in [0.05, 0.1) is 6.10 Å². The highest BCUT2D eigenvalue weighted by Crippen LogP contribution is 2.26. The van der Waals surface area contributed by atoms with Gasteiger partial charge in [0.2, 0.25) is 0 Å². The van der Waals surface area contributed by atoms with Crippen molar-refractivity contribution in [3.63, 3.8) is 0 Å². The van der Waals surface area contributed by atoms with Crippen LogP contribution in [0, 0.1) is 13.8 Å². The van der Waals surface area contributed by atoms with E-state index in [-0.39, 0.29) is 6.10 Å². The summed E-state index contributed by atoms with van der Waals surface area (Å²) in [6.45, 7) is 6.37. The molecule has 0 radical (unpaired) electrons. The molecule has 1 aromatic heterocycles. The minimum Gasteiger partial charge on any atom is -0.387 e. The number of aryl methyl sites for hydroxylation is 3. The van der Waals surface area contributed by atoms with E-state index in [9.17, 15) is 5.11 Å². The second-order valence-corrected chi connectivity index (χ2v) is 6.00. The Bertz CT molecular complexity index is 528. The van der Waals surface area contributed by atoms with E-state index in [1.165, 1.54) is 21.6 Å². The molecule has 2 rings (SSSR count). The number of aliphatic hydroxyl groups excluding tert-OH is 1. The van der Waals surface area contributed by atoms with Gasteiger partial charge < -0.3 is 5.11 Å². The Hall–Kier alpha value is -1.12. The van der Waals surface area contributed by atoms with Crippen LogP contribution in [0.1, 0.15) is 39.5 Å². The average Bonchev–Trinajstić information content (AvgIpc) is 2.82. The lowest BCUT2D eigenvalue weighted by atomic mass is 10.0. The van der Waals surface area contributed by atoms with E-state index in [0.717, 1.165) is 11.3 Å². The lowest BCUT2D eigenvalue weighted by Crippen LogP contribution is -2.00. The molecule has 1 nitrogen and oxygen atoms in total. The van der Waals surface area contributed by atoms with Crippen molar-refractivity contribution < 1.29 is 5.11 Å². The predicted molar refractivity (Wildman–Crippen MR) is 78.3 cm³/mol. The smallest absolute Gasteiger partial charge is 0.0922 e. The normalized spacial score (nSPS) is 12.7. The van der Waals surface area contributed by atoms with E-state index in [1.807, 2.05) is 0 Å². The van der Waals surface area contributed by atoms with Crippen LogP contribution in [0.5, 0.6) is 0 Å². The van der Waals surface area contributed by atoms with Gasteiger partial charge in [-0.3, -0.25) is 0 Å². The first-order valence-electron chi connectivity index (χ1n) is 6.43. The zero-order valence-electron chi connectivity index (χ0n) is 11.2. The van der Waals surface area contributed by atoms with Crippen LogP contribution in [0.25, 0.3) is 0 Å². The third kappa shape index (κ3) is 3.01. The Labute approximate surface area is 113 Å². The molecule has 0 saturated carbocycles. The molecule has 0 amide bonds. The fourth-order valence-electron chi connectivity index (χ4n) is 2.02. The molecular formula is C16H20OS. The second kappa shape index (κ2) is 5.68. The molecule has 0 saturated heterocycles. The highest BCUT2D eigenvalue weighted by atomic mass is 32.1. The van der Waals surface area contributed by atoms with Crippen molar-refractivity contribution in [3.8, 4) is 0 Å². The maximum absolute atomic E-state index is 10.3. The average molecular weight is 260 g/mol. The fourth-order valence-corrected chi connectivity index (χ4v) is 2.96. The first kappa shape index (κ1) is 13.3. The molecule has 1 N–H and O–H groups in total. The number of hydrogen-bond acceptors (Lipinski definition) is 2. The lowest BCUT2D eigenvalue weighted by molar-refractivity contribution is 0.182. The van der Waals surface area contributed by atoms with Gasteiger partial charge >= 0.3 is 0 Å². The molecule has 0 aliphatic carbocycles. The van der Waals surface area contributed by atoms with E-state index in [4.69, 9.17) is 0 Å². The lowest BCUT2D eigenvalue weighted by Gasteiger charge is -2.10. The minimum atomic E-state index is -0.377. The van der Waals surface area contributed by atoms with Crippen molar-refractivity contribution in [2.24, 2.45) is 0 Å². The first-order chi connectivity index (χ1) is 8.60. The van der Waals surface area contributed by atoms with E-state index in [1.54, 1.807) is 11.3 Å². The standard InChI is InChI=1S/C16H20OS/c1-4-14-7-8-16(18-14)15(17)10-13-6-5-11(2)12(3)9-13/h5-9,15,17H,4,10H2,1-3H3. The zero-order chi connectivity index (χ0) is 13.1. The van der Waals surface area contributed by atoms with Crippen LogP contribution in [0.4, 0.5) is 0 Å². The Morgan fingerprint density at radius 2 is 1.89 bits per heavy atom. The molecule has 0 spiro atoms. The molecule has 0 aliphatic rings. The fraction of sp³-hybridized carbons (Fsp3) is 0.375. The van der Waals surface area contributed by atoms with Crippen LogP contribution in [0.3, 0.4) is 0 Å². The maximum atomic E-state index is 10.3. The highest BCUT2D eigenvalue weighted by molar-refractivity contribution is 7.12. The second-order valence-electron chi connectivity index (χ2n) is 4.80. The number of aliphatic hydroxyl groups is 1. The summed E-state index contributed by atoms with van der Waals surface area (Å²) in [5.41, 5.74) is 3.80. The van der Waals surface area contributed by atoms with Gasteiger partial charge in [0.15, 0.2) is 0 Å². The molecule has 0 aliphatic heterocycles. The predicted octanol–water partition coefficient (Wildman–Crippen LogP) is 4.20. The van der Waals surface area contributed by atoms with Crippen LogP contribution in [0.2, 0.25) is 0 Å². The van der Waals surface area contributed by atoms with Gasteiger partial charge in [0.25, 0.3) is 0 Å². The highest BCUT2D eigenvalue weighted by Gasteiger charge is 2.11. The summed E-state index contributed by atoms with van der Waals surface area (Å²) < 4.78 is 0. The van der Waals surface area contributed by atoms with Gasteiger partial charge in [-0.25, -0.2) is 0 Å². The van der Waals surface area contributed by atoms with Crippen LogP contribution in [-0.2, 0) is 12.8 Å². The van der Waals surface area contributed by atoms with Crippen LogP contribution >= 0.6 is 11.3 Å². The van der Waals surface area contributed by atoms with Gasteiger partial charge in [-0.1, -0.05) is 25.1 Å². The molecule has 96 valence electrons. The molecule has 0 bridgehead atoms. The summed E-state index contributed by atoms with van der Waals surface area (Å²) in [4.78, 5) is 2.41. The van der Waals surface area contributed by atoms with Crippen molar-refractivity contribution in [2.45, 2.75) is 39.7 Å². The summed E-state index contributed by atoms with van der Waals surface area (Å²) in [6, 6.07) is 10.6. The maximum Gasteiger partial charge on any atom is 0.0922 e. The van der Waals surface area contributed by atoms with Crippen molar-refractivity contribution in [3.05, 3.63) is 56.8 Å². The SMILES string of the molecule is CCc1ccc(C(O)Cc2ccc(C)c(C)c2)s1. The Morgan fingerprint density at radius 3 is 2.50 bits per heavy atom. The number of benzene rings is 1. The molecule has 1 aromatic carbocycles. The van der Waals surface area contributed by atoms with Crippen molar-refractivity contribution in [1.82, 2.24) is 0 Å². The molecule has 1 unspecified atom stereocenters. The van der Waals surface area contributed by atoms with Gasteiger partial charge in [-0.15, -0.1) is 11.3 Å². The number of thiophene rings is 1. The van der Waals surface area contributed by atoms with Crippen molar-refractivity contribution in [2.75, 3.05) is 0 Å². The molecule has 2 heteroatoms. The van der Waals surface area contributed by atoms with Crippen molar-refractivity contribution in [1.29, 1.82) is 0 Å². The van der Waals surface area contributed by atoms with E-state index in [2.05, 4.69) is 51.1 Å². The van der Waals surface area contributed by atoms with E-state index < -0.39 is 0 Å². The Balaban J connectivity index is 2.10. The Morgan fingerprint density at radius 1 is 1.11 bits per heavy atom. The molecule has 2 aromatic rings.